The Morgan fingerprint density at radius 2 is 2.05 bits per heavy atom. The van der Waals surface area contributed by atoms with Gasteiger partial charge in [0.1, 0.15) is 11.5 Å². The highest BCUT2D eigenvalue weighted by Gasteiger charge is 2.35. The molecule has 1 fully saturated rings. The number of anilines is 1. The Hall–Kier alpha value is -1.30. The molecule has 1 aliphatic heterocycles. The number of rotatable bonds is 4. The summed E-state index contributed by atoms with van der Waals surface area (Å²) >= 11 is 0. The minimum atomic E-state index is -4.41. The van der Waals surface area contributed by atoms with Gasteiger partial charge in [0.05, 0.1) is 5.60 Å². The van der Waals surface area contributed by atoms with Gasteiger partial charge in [-0.15, -0.1) is 0 Å². The predicted molar refractivity (Wildman–Crippen MR) is 75.1 cm³/mol. The van der Waals surface area contributed by atoms with Crippen LogP contribution in [0.5, 0.6) is 0 Å². The average Bonchev–Trinajstić information content (AvgIpc) is 2.47. The van der Waals surface area contributed by atoms with Crippen LogP contribution in [0.1, 0.15) is 45.2 Å². The fourth-order valence-corrected chi connectivity index (χ4v) is 2.78. The van der Waals surface area contributed by atoms with Crippen LogP contribution in [0.2, 0.25) is 0 Å². The lowest BCUT2D eigenvalue weighted by Gasteiger charge is -2.40. The summed E-state index contributed by atoms with van der Waals surface area (Å²) < 4.78 is 43.9. The molecular formula is C15H21F3N2O. The van der Waals surface area contributed by atoms with Gasteiger partial charge in [0.25, 0.3) is 0 Å². The monoisotopic (exact) mass is 302 g/mol. The summed E-state index contributed by atoms with van der Waals surface area (Å²) in [5.74, 6) is 0.276. The number of hydrogen-bond acceptors (Lipinski definition) is 3. The van der Waals surface area contributed by atoms with Crippen LogP contribution < -0.4 is 5.32 Å². The molecule has 21 heavy (non-hydrogen) atoms. The van der Waals surface area contributed by atoms with Crippen LogP contribution in [-0.4, -0.2) is 23.2 Å². The highest BCUT2D eigenvalue weighted by Crippen LogP contribution is 2.33. The zero-order valence-corrected chi connectivity index (χ0v) is 12.3. The molecule has 2 rings (SSSR count). The number of aromatic nitrogens is 1. The molecule has 1 aromatic rings. The van der Waals surface area contributed by atoms with Gasteiger partial charge < -0.3 is 10.1 Å². The molecule has 1 aromatic heterocycles. The van der Waals surface area contributed by atoms with Gasteiger partial charge in [0.2, 0.25) is 0 Å². The normalized spacial score (nSPS) is 22.0. The van der Waals surface area contributed by atoms with Gasteiger partial charge in [-0.05, 0) is 37.8 Å². The Balaban J connectivity index is 2.08. The maximum absolute atomic E-state index is 12.7. The van der Waals surface area contributed by atoms with Crippen molar-refractivity contribution < 1.29 is 17.9 Å². The highest BCUT2D eigenvalue weighted by molar-refractivity contribution is 5.37. The number of pyridine rings is 1. The molecule has 1 saturated heterocycles. The number of ether oxygens (including phenoxy) is 1. The van der Waals surface area contributed by atoms with Crippen LogP contribution in [0.25, 0.3) is 0 Å². The maximum atomic E-state index is 12.7. The van der Waals surface area contributed by atoms with E-state index in [4.69, 9.17) is 4.74 Å². The van der Waals surface area contributed by atoms with Crippen LogP contribution in [0.3, 0.4) is 0 Å². The van der Waals surface area contributed by atoms with E-state index in [2.05, 4.69) is 24.1 Å². The van der Waals surface area contributed by atoms with Crippen LogP contribution in [0.4, 0.5) is 19.0 Å². The van der Waals surface area contributed by atoms with Crippen molar-refractivity contribution in [2.24, 2.45) is 0 Å². The molecule has 118 valence electrons. The van der Waals surface area contributed by atoms with Crippen molar-refractivity contribution in [3.8, 4) is 0 Å². The molecule has 0 spiro atoms. The van der Waals surface area contributed by atoms with E-state index in [-0.39, 0.29) is 17.5 Å². The van der Waals surface area contributed by atoms with Crippen molar-refractivity contribution >= 4 is 5.82 Å². The van der Waals surface area contributed by atoms with Gasteiger partial charge in [-0.2, -0.15) is 13.2 Å². The molecule has 2 heterocycles. The van der Waals surface area contributed by atoms with Gasteiger partial charge in [0, 0.05) is 12.6 Å². The zero-order valence-electron chi connectivity index (χ0n) is 12.3. The van der Waals surface area contributed by atoms with Gasteiger partial charge in [0.15, 0.2) is 0 Å². The molecule has 0 bridgehead atoms. The Labute approximate surface area is 122 Å². The quantitative estimate of drug-likeness (QED) is 0.903. The summed E-state index contributed by atoms with van der Waals surface area (Å²) in [7, 11) is 0. The summed E-state index contributed by atoms with van der Waals surface area (Å²) in [6, 6.07) is 4.03. The first-order valence-corrected chi connectivity index (χ1v) is 7.33. The van der Waals surface area contributed by atoms with E-state index in [0.29, 0.717) is 6.61 Å². The standard InChI is InChI=1S/C15H21F3N2O/c1-3-14(4-2)10-11(8-9-21-14)19-13-7-5-6-12(20-13)15(16,17)18/h5-7,11H,3-4,8-10H2,1-2H3,(H,19,20). The minimum absolute atomic E-state index is 0.0923. The summed E-state index contributed by atoms with van der Waals surface area (Å²) in [6.45, 7) is 4.78. The first-order valence-electron chi connectivity index (χ1n) is 7.33. The molecule has 6 heteroatoms. The number of nitrogens with zero attached hydrogens (tertiary/aromatic N) is 1. The Morgan fingerprint density at radius 1 is 1.33 bits per heavy atom. The van der Waals surface area contributed by atoms with E-state index < -0.39 is 11.9 Å². The average molecular weight is 302 g/mol. The van der Waals surface area contributed by atoms with Gasteiger partial charge in [-0.3, -0.25) is 0 Å². The van der Waals surface area contributed by atoms with E-state index in [1.807, 2.05) is 0 Å². The number of nitrogens with one attached hydrogen (secondary N) is 1. The van der Waals surface area contributed by atoms with E-state index in [1.165, 1.54) is 6.07 Å². The lowest BCUT2D eigenvalue weighted by molar-refractivity contribution is -0.141. The SMILES string of the molecule is CCC1(CC)CC(Nc2cccc(C(F)(F)F)n2)CCO1. The first kappa shape index (κ1) is 16.1. The van der Waals surface area contributed by atoms with Crippen molar-refractivity contribution in [1.29, 1.82) is 0 Å². The van der Waals surface area contributed by atoms with Crippen molar-refractivity contribution in [3.63, 3.8) is 0 Å². The van der Waals surface area contributed by atoms with Gasteiger partial charge >= 0.3 is 6.18 Å². The smallest absolute Gasteiger partial charge is 0.375 e. The predicted octanol–water partition coefficient (Wildman–Crippen LogP) is 4.25. The van der Waals surface area contributed by atoms with Crippen molar-refractivity contribution in [1.82, 2.24) is 4.98 Å². The molecule has 1 aliphatic rings. The lowest BCUT2D eigenvalue weighted by Crippen LogP contribution is -2.43. The van der Waals surface area contributed by atoms with Crippen LogP contribution >= 0.6 is 0 Å². The summed E-state index contributed by atoms with van der Waals surface area (Å²) in [5.41, 5.74) is -1.03. The lowest BCUT2D eigenvalue weighted by atomic mass is 9.86. The second-order valence-electron chi connectivity index (χ2n) is 5.48. The Morgan fingerprint density at radius 3 is 2.67 bits per heavy atom. The van der Waals surface area contributed by atoms with Crippen molar-refractivity contribution in [2.75, 3.05) is 11.9 Å². The number of hydrogen-bond donors (Lipinski definition) is 1. The van der Waals surface area contributed by atoms with E-state index >= 15 is 0 Å². The zero-order chi connectivity index (χ0) is 15.5. The molecule has 0 aliphatic carbocycles. The number of halogens is 3. The third kappa shape index (κ3) is 3.87. The molecule has 1 N–H and O–H groups in total. The molecule has 0 aromatic carbocycles. The van der Waals surface area contributed by atoms with Gasteiger partial charge in [-0.25, -0.2) is 4.98 Å². The van der Waals surface area contributed by atoms with Crippen molar-refractivity contribution in [2.45, 2.75) is 57.3 Å². The third-order valence-electron chi connectivity index (χ3n) is 4.17. The summed E-state index contributed by atoms with van der Waals surface area (Å²) in [6.07, 6.45) is -1.04. The molecule has 3 nitrogen and oxygen atoms in total. The van der Waals surface area contributed by atoms with E-state index in [1.54, 1.807) is 6.07 Å². The van der Waals surface area contributed by atoms with E-state index in [9.17, 15) is 13.2 Å². The van der Waals surface area contributed by atoms with Crippen LogP contribution in [0.15, 0.2) is 18.2 Å². The maximum Gasteiger partial charge on any atom is 0.433 e. The minimum Gasteiger partial charge on any atom is -0.375 e. The Kier molecular flexibility index (Phi) is 4.76. The topological polar surface area (TPSA) is 34.2 Å². The number of alkyl halides is 3. The van der Waals surface area contributed by atoms with Crippen LogP contribution in [-0.2, 0) is 10.9 Å². The molecule has 0 amide bonds. The first-order chi connectivity index (χ1) is 9.88. The van der Waals surface area contributed by atoms with E-state index in [0.717, 1.165) is 31.7 Å². The fourth-order valence-electron chi connectivity index (χ4n) is 2.78. The highest BCUT2D eigenvalue weighted by atomic mass is 19.4. The van der Waals surface area contributed by atoms with Gasteiger partial charge in [-0.1, -0.05) is 19.9 Å². The second-order valence-corrected chi connectivity index (χ2v) is 5.48. The molecule has 1 atom stereocenters. The fraction of sp³-hybridized carbons (Fsp3) is 0.667. The molecular weight excluding hydrogens is 281 g/mol. The molecule has 0 radical (unpaired) electrons. The Bertz CT molecular complexity index is 472. The molecule has 0 saturated carbocycles. The molecule has 1 unspecified atom stereocenters. The summed E-state index contributed by atoms with van der Waals surface area (Å²) in [5, 5.41) is 3.13. The van der Waals surface area contributed by atoms with Crippen LogP contribution in [0, 0.1) is 0 Å². The van der Waals surface area contributed by atoms with Crippen molar-refractivity contribution in [3.05, 3.63) is 23.9 Å². The third-order valence-corrected chi connectivity index (χ3v) is 4.17. The summed E-state index contributed by atoms with van der Waals surface area (Å²) in [4.78, 5) is 3.66. The second kappa shape index (κ2) is 6.22. The largest absolute Gasteiger partial charge is 0.433 e.